The average molecular weight is 201 g/mol. The fourth-order valence-corrected chi connectivity index (χ4v) is 1.45. The third kappa shape index (κ3) is 2.51. The topological polar surface area (TPSA) is 80.4 Å². The molecule has 0 saturated heterocycles. The van der Waals surface area contributed by atoms with Crippen molar-refractivity contribution in [3.63, 3.8) is 0 Å². The van der Waals surface area contributed by atoms with Crippen molar-refractivity contribution in [2.75, 3.05) is 0 Å². The summed E-state index contributed by atoms with van der Waals surface area (Å²) >= 11 is 0. The van der Waals surface area contributed by atoms with Crippen molar-refractivity contribution in [1.29, 1.82) is 0 Å². The molecule has 1 rings (SSSR count). The minimum absolute atomic E-state index is 0.0527. The molecule has 0 aromatic heterocycles. The van der Waals surface area contributed by atoms with E-state index in [-0.39, 0.29) is 4.90 Å². The Labute approximate surface area is 77.1 Å². The maximum Gasteiger partial charge on any atom is 0.238 e. The predicted octanol–water partition coefficient (Wildman–Crippen LogP) is 0.387. The van der Waals surface area contributed by atoms with E-state index in [4.69, 9.17) is 10.2 Å². The van der Waals surface area contributed by atoms with Gasteiger partial charge in [0.25, 0.3) is 0 Å². The molecule has 0 fully saturated rings. The molecule has 0 aliphatic heterocycles. The van der Waals surface area contributed by atoms with Crippen LogP contribution in [0.15, 0.2) is 29.2 Å². The van der Waals surface area contributed by atoms with Crippen LogP contribution in [0.2, 0.25) is 0 Å². The lowest BCUT2D eigenvalue weighted by Crippen LogP contribution is -2.12. The Morgan fingerprint density at radius 1 is 1.31 bits per heavy atom. The Morgan fingerprint density at radius 2 is 1.77 bits per heavy atom. The van der Waals surface area contributed by atoms with Gasteiger partial charge in [-0.15, -0.1) is 0 Å². The second-order valence-corrected chi connectivity index (χ2v) is 4.35. The normalized spacial score (nSPS) is 14.1. The zero-order valence-corrected chi connectivity index (χ0v) is 7.95. The van der Waals surface area contributed by atoms with E-state index in [1.54, 1.807) is 6.92 Å². The minimum atomic E-state index is -3.63. The monoisotopic (exact) mass is 201 g/mol. The first-order chi connectivity index (χ1) is 5.91. The zero-order chi connectivity index (χ0) is 10.1. The van der Waals surface area contributed by atoms with Crippen LogP contribution in [0.1, 0.15) is 18.6 Å². The number of sulfonamides is 1. The van der Waals surface area contributed by atoms with Crippen LogP contribution >= 0.6 is 0 Å². The van der Waals surface area contributed by atoms with Gasteiger partial charge < -0.3 is 5.11 Å². The molecule has 13 heavy (non-hydrogen) atoms. The lowest BCUT2D eigenvalue weighted by molar-refractivity contribution is 0.199. The summed E-state index contributed by atoms with van der Waals surface area (Å²) in [5.41, 5.74) is 0.660. The zero-order valence-electron chi connectivity index (χ0n) is 7.14. The first-order valence-electron chi connectivity index (χ1n) is 3.72. The predicted molar refractivity (Wildman–Crippen MR) is 48.4 cm³/mol. The summed E-state index contributed by atoms with van der Waals surface area (Å²) in [7, 11) is -3.63. The van der Waals surface area contributed by atoms with E-state index in [0.717, 1.165) is 0 Å². The maximum absolute atomic E-state index is 10.8. The van der Waals surface area contributed by atoms with E-state index < -0.39 is 16.1 Å². The molecule has 4 nitrogen and oxygen atoms in total. The van der Waals surface area contributed by atoms with E-state index in [2.05, 4.69) is 0 Å². The van der Waals surface area contributed by atoms with Gasteiger partial charge >= 0.3 is 0 Å². The third-order valence-electron chi connectivity index (χ3n) is 1.69. The molecule has 0 amide bonds. The summed E-state index contributed by atoms with van der Waals surface area (Å²) in [4.78, 5) is 0.0527. The van der Waals surface area contributed by atoms with Crippen molar-refractivity contribution in [3.05, 3.63) is 29.8 Å². The van der Waals surface area contributed by atoms with Gasteiger partial charge in [-0.3, -0.25) is 0 Å². The van der Waals surface area contributed by atoms with Crippen LogP contribution in [0.3, 0.4) is 0 Å². The molecule has 72 valence electrons. The van der Waals surface area contributed by atoms with E-state index in [0.29, 0.717) is 5.56 Å². The van der Waals surface area contributed by atoms with Gasteiger partial charge in [-0.25, -0.2) is 13.6 Å². The van der Waals surface area contributed by atoms with Crippen molar-refractivity contribution >= 4 is 10.0 Å². The Hall–Kier alpha value is -0.910. The van der Waals surface area contributed by atoms with Gasteiger partial charge in [0.1, 0.15) is 0 Å². The number of nitrogens with two attached hydrogens (primary N) is 1. The van der Waals surface area contributed by atoms with Gasteiger partial charge in [0.05, 0.1) is 11.0 Å². The van der Waals surface area contributed by atoms with Crippen molar-refractivity contribution in [3.8, 4) is 0 Å². The van der Waals surface area contributed by atoms with E-state index in [1.807, 2.05) is 0 Å². The molecule has 5 heteroatoms. The summed E-state index contributed by atoms with van der Waals surface area (Å²) < 4.78 is 21.7. The van der Waals surface area contributed by atoms with Crippen LogP contribution in [0.5, 0.6) is 0 Å². The number of primary sulfonamides is 1. The quantitative estimate of drug-likeness (QED) is 0.726. The molecule has 0 unspecified atom stereocenters. The number of aliphatic hydroxyl groups is 1. The van der Waals surface area contributed by atoms with Gasteiger partial charge in [-0.1, -0.05) is 12.1 Å². The average Bonchev–Trinajstić information content (AvgIpc) is 2.03. The fraction of sp³-hybridized carbons (Fsp3) is 0.250. The molecule has 3 N–H and O–H groups in total. The van der Waals surface area contributed by atoms with Gasteiger partial charge in [-0.05, 0) is 24.6 Å². The Bertz CT molecular complexity index is 380. The van der Waals surface area contributed by atoms with Crippen LogP contribution in [-0.4, -0.2) is 13.5 Å². The van der Waals surface area contributed by atoms with E-state index >= 15 is 0 Å². The largest absolute Gasteiger partial charge is 0.389 e. The minimum Gasteiger partial charge on any atom is -0.389 e. The smallest absolute Gasteiger partial charge is 0.238 e. The number of benzene rings is 1. The highest BCUT2D eigenvalue weighted by atomic mass is 32.2. The molecule has 1 atom stereocenters. The maximum atomic E-state index is 10.8. The number of hydrogen-bond donors (Lipinski definition) is 2. The van der Waals surface area contributed by atoms with Gasteiger partial charge in [0.15, 0.2) is 0 Å². The summed E-state index contributed by atoms with van der Waals surface area (Å²) in [6.45, 7) is 1.60. The van der Waals surface area contributed by atoms with Crippen LogP contribution in [0, 0.1) is 0 Å². The second kappa shape index (κ2) is 3.45. The van der Waals surface area contributed by atoms with Crippen molar-refractivity contribution in [2.24, 2.45) is 5.14 Å². The van der Waals surface area contributed by atoms with Gasteiger partial charge in [0, 0.05) is 0 Å². The molecule has 0 aliphatic rings. The molecular weight excluding hydrogens is 190 g/mol. The fourth-order valence-electron chi connectivity index (χ4n) is 0.936. The van der Waals surface area contributed by atoms with Crippen molar-refractivity contribution in [2.45, 2.75) is 17.9 Å². The summed E-state index contributed by atoms with van der Waals surface area (Å²) in [6.07, 6.45) is -0.602. The third-order valence-corrected chi connectivity index (χ3v) is 2.62. The van der Waals surface area contributed by atoms with Gasteiger partial charge in [-0.2, -0.15) is 0 Å². The first kappa shape index (κ1) is 10.2. The van der Waals surface area contributed by atoms with Crippen LogP contribution < -0.4 is 5.14 Å². The van der Waals surface area contributed by atoms with Crippen LogP contribution in [0.4, 0.5) is 0 Å². The van der Waals surface area contributed by atoms with Crippen LogP contribution in [0.25, 0.3) is 0 Å². The molecular formula is C8H11NO3S. The van der Waals surface area contributed by atoms with Gasteiger partial charge in [0.2, 0.25) is 10.0 Å². The highest BCUT2D eigenvalue weighted by Gasteiger charge is 2.07. The molecule has 0 radical (unpaired) electrons. The molecule has 0 bridgehead atoms. The van der Waals surface area contributed by atoms with E-state index in [1.165, 1.54) is 24.3 Å². The molecule has 0 spiro atoms. The lowest BCUT2D eigenvalue weighted by atomic mass is 10.1. The molecule has 1 aromatic carbocycles. The summed E-state index contributed by atoms with van der Waals surface area (Å²) in [6, 6.07) is 5.81. The summed E-state index contributed by atoms with van der Waals surface area (Å²) in [5.74, 6) is 0. The second-order valence-electron chi connectivity index (χ2n) is 2.79. The lowest BCUT2D eigenvalue weighted by Gasteiger charge is -2.04. The number of rotatable bonds is 2. The standard InChI is InChI=1S/C8H11NO3S/c1-6(10)7-2-4-8(5-3-7)13(9,11)12/h2-6,10H,1H3,(H2,9,11,12)/t6-/m1/s1. The van der Waals surface area contributed by atoms with Crippen molar-refractivity contribution < 1.29 is 13.5 Å². The SMILES string of the molecule is C[C@@H](O)c1ccc(S(N)(=O)=O)cc1. The molecule has 0 aliphatic carbocycles. The molecule has 0 heterocycles. The highest BCUT2D eigenvalue weighted by Crippen LogP contribution is 2.14. The Kier molecular flexibility index (Phi) is 2.70. The van der Waals surface area contributed by atoms with Crippen LogP contribution in [-0.2, 0) is 10.0 Å². The van der Waals surface area contributed by atoms with Crippen molar-refractivity contribution in [1.82, 2.24) is 0 Å². The summed E-state index contributed by atoms with van der Waals surface area (Å²) in [5, 5.41) is 14.0. The highest BCUT2D eigenvalue weighted by molar-refractivity contribution is 7.89. The molecule has 0 saturated carbocycles. The Morgan fingerprint density at radius 3 is 2.08 bits per heavy atom. The Balaban J connectivity index is 3.08. The molecule has 1 aromatic rings. The number of aliphatic hydroxyl groups excluding tert-OH is 1. The van der Waals surface area contributed by atoms with E-state index in [9.17, 15) is 8.42 Å². The first-order valence-corrected chi connectivity index (χ1v) is 5.27. The number of hydrogen-bond acceptors (Lipinski definition) is 3.